The van der Waals surface area contributed by atoms with Crippen LogP contribution in [-0.2, 0) is 19.6 Å². The van der Waals surface area contributed by atoms with Gasteiger partial charge in [0.15, 0.2) is 12.2 Å². The minimum atomic E-state index is -5.93. The van der Waals surface area contributed by atoms with Crippen molar-refractivity contribution in [3.63, 3.8) is 0 Å². The summed E-state index contributed by atoms with van der Waals surface area (Å²) < 4.78 is 74.0. The van der Waals surface area contributed by atoms with E-state index in [9.17, 15) is 36.9 Å². The van der Waals surface area contributed by atoms with Crippen LogP contribution in [0.1, 0.15) is 20.7 Å². The van der Waals surface area contributed by atoms with Gasteiger partial charge in [-0.1, -0.05) is 6.07 Å². The summed E-state index contributed by atoms with van der Waals surface area (Å²) in [6.07, 6.45) is 0. The van der Waals surface area contributed by atoms with Crippen molar-refractivity contribution in [3.05, 3.63) is 62.3 Å². The topological polar surface area (TPSA) is 159 Å². The summed E-state index contributed by atoms with van der Waals surface area (Å²) in [6.45, 7) is -2.60. The van der Waals surface area contributed by atoms with Crippen molar-refractivity contribution in [1.82, 2.24) is 0 Å². The SMILES string of the molecule is O=C(OCCOc1c(I)cc(I)cc1I)c1cccc([N+](=O)[O-])c1C(=O)OCC(F)(F)S(=O)(=O)O. The number of carbonyl (C=O) groups is 2. The number of esters is 2. The number of hydrogen-bond acceptors (Lipinski definition) is 9. The highest BCUT2D eigenvalue weighted by Gasteiger charge is 2.46. The van der Waals surface area contributed by atoms with Crippen molar-refractivity contribution in [3.8, 4) is 5.75 Å². The molecule has 0 saturated heterocycles. The lowest BCUT2D eigenvalue weighted by Crippen LogP contribution is -2.34. The van der Waals surface area contributed by atoms with Gasteiger partial charge in [0.25, 0.3) is 5.69 Å². The summed E-state index contributed by atoms with van der Waals surface area (Å²) >= 11 is 6.26. The van der Waals surface area contributed by atoms with Gasteiger partial charge in [0.05, 0.1) is 17.6 Å². The molecular formula is C18H12F2I3NO10S. The Morgan fingerprint density at radius 1 is 1.06 bits per heavy atom. The highest BCUT2D eigenvalue weighted by Crippen LogP contribution is 2.30. The zero-order chi connectivity index (χ0) is 26.6. The smallest absolute Gasteiger partial charge is 0.402 e. The Hall–Kier alpha value is -1.46. The third kappa shape index (κ3) is 7.76. The first-order valence-corrected chi connectivity index (χ1v) is 13.6. The van der Waals surface area contributed by atoms with Gasteiger partial charge in [0, 0.05) is 9.64 Å². The van der Waals surface area contributed by atoms with Crippen molar-refractivity contribution in [2.75, 3.05) is 19.8 Å². The van der Waals surface area contributed by atoms with Crippen LogP contribution in [0.15, 0.2) is 30.3 Å². The maximum atomic E-state index is 13.4. The highest BCUT2D eigenvalue weighted by molar-refractivity contribution is 14.1. The monoisotopic (exact) mass is 853 g/mol. The van der Waals surface area contributed by atoms with E-state index in [1.54, 1.807) is 0 Å². The van der Waals surface area contributed by atoms with Gasteiger partial charge in [0.1, 0.15) is 19.0 Å². The molecule has 0 bridgehead atoms. The predicted octanol–water partition coefficient (Wildman–Crippen LogP) is 4.28. The molecule has 0 fully saturated rings. The minimum Gasteiger partial charge on any atom is -0.488 e. The number of alkyl halides is 2. The summed E-state index contributed by atoms with van der Waals surface area (Å²) in [4.78, 5) is 35.0. The molecule has 17 heteroatoms. The zero-order valence-corrected chi connectivity index (χ0v) is 24.2. The average molecular weight is 853 g/mol. The third-order valence-corrected chi connectivity index (χ3v) is 7.04. The summed E-state index contributed by atoms with van der Waals surface area (Å²) in [6, 6.07) is 6.52. The van der Waals surface area contributed by atoms with Crippen LogP contribution in [0.2, 0.25) is 0 Å². The van der Waals surface area contributed by atoms with E-state index in [1.807, 2.05) is 12.1 Å². The maximum absolute atomic E-state index is 13.4. The van der Waals surface area contributed by atoms with Crippen molar-refractivity contribution < 1.29 is 50.5 Å². The Kier molecular flexibility index (Phi) is 10.4. The number of hydrogen-bond donors (Lipinski definition) is 1. The van der Waals surface area contributed by atoms with E-state index >= 15 is 0 Å². The van der Waals surface area contributed by atoms with Crippen LogP contribution in [0.4, 0.5) is 14.5 Å². The first-order chi connectivity index (χ1) is 16.2. The van der Waals surface area contributed by atoms with E-state index in [0.29, 0.717) is 5.75 Å². The van der Waals surface area contributed by atoms with Crippen LogP contribution in [0.25, 0.3) is 0 Å². The Labute approximate surface area is 237 Å². The van der Waals surface area contributed by atoms with Gasteiger partial charge in [-0.25, -0.2) is 9.59 Å². The number of halogens is 5. The van der Waals surface area contributed by atoms with E-state index in [-0.39, 0.29) is 13.2 Å². The zero-order valence-electron chi connectivity index (χ0n) is 16.9. The Morgan fingerprint density at radius 3 is 2.20 bits per heavy atom. The number of benzene rings is 2. The molecule has 0 aliphatic heterocycles. The summed E-state index contributed by atoms with van der Waals surface area (Å²) in [5.74, 6) is -2.48. The fraction of sp³-hybridized carbons (Fsp3) is 0.222. The van der Waals surface area contributed by atoms with E-state index in [1.165, 1.54) is 0 Å². The number of nitro benzene ring substituents is 1. The minimum absolute atomic E-state index is 0.117. The number of carbonyl (C=O) groups excluding carboxylic acids is 2. The normalized spacial score (nSPS) is 11.6. The number of nitro groups is 1. The molecule has 0 radical (unpaired) electrons. The van der Waals surface area contributed by atoms with Crippen LogP contribution in [0.5, 0.6) is 5.75 Å². The van der Waals surface area contributed by atoms with Gasteiger partial charge in [-0.2, -0.15) is 17.2 Å². The largest absolute Gasteiger partial charge is 0.488 e. The molecule has 0 aliphatic rings. The molecule has 0 heterocycles. The first kappa shape index (κ1) is 29.8. The average Bonchev–Trinajstić information content (AvgIpc) is 2.74. The number of rotatable bonds is 10. The number of ether oxygens (including phenoxy) is 3. The molecule has 1 N–H and O–H groups in total. The van der Waals surface area contributed by atoms with Crippen molar-refractivity contribution >= 4 is 95.5 Å². The second-order valence-corrected chi connectivity index (χ2v) is 11.4. The number of nitrogens with zero attached hydrogens (tertiary/aromatic N) is 1. The molecule has 0 saturated carbocycles. The molecule has 0 unspecified atom stereocenters. The maximum Gasteiger partial charge on any atom is 0.402 e. The van der Waals surface area contributed by atoms with Gasteiger partial charge < -0.3 is 14.2 Å². The molecule has 0 aromatic heterocycles. The van der Waals surface area contributed by atoms with Crippen LogP contribution < -0.4 is 4.74 Å². The molecule has 2 rings (SSSR count). The summed E-state index contributed by atoms with van der Waals surface area (Å²) in [5.41, 5.74) is -2.69. The van der Waals surface area contributed by atoms with Crippen molar-refractivity contribution in [2.45, 2.75) is 5.25 Å². The van der Waals surface area contributed by atoms with E-state index < -0.39 is 55.7 Å². The quantitative estimate of drug-likeness (QED) is 0.0914. The van der Waals surface area contributed by atoms with Crippen molar-refractivity contribution in [2.24, 2.45) is 0 Å². The van der Waals surface area contributed by atoms with Crippen LogP contribution in [0, 0.1) is 20.8 Å². The predicted molar refractivity (Wildman–Crippen MR) is 140 cm³/mol. The second-order valence-electron chi connectivity index (χ2n) is 6.33. The fourth-order valence-corrected chi connectivity index (χ4v) is 6.50. The Balaban J connectivity index is 2.18. The summed E-state index contributed by atoms with van der Waals surface area (Å²) in [7, 11) is -5.93. The molecule has 11 nitrogen and oxygen atoms in total. The van der Waals surface area contributed by atoms with Crippen molar-refractivity contribution in [1.29, 1.82) is 0 Å². The Bertz CT molecular complexity index is 1250. The van der Waals surface area contributed by atoms with Gasteiger partial charge in [-0.3, -0.25) is 14.7 Å². The molecule has 0 amide bonds. The second kappa shape index (κ2) is 12.2. The molecule has 190 valence electrons. The molecular weight excluding hydrogens is 841 g/mol. The van der Waals surface area contributed by atoms with E-state index in [4.69, 9.17) is 14.0 Å². The summed E-state index contributed by atoms with van der Waals surface area (Å²) in [5, 5.41) is 6.43. The molecule has 0 aliphatic carbocycles. The molecule has 35 heavy (non-hydrogen) atoms. The van der Waals surface area contributed by atoms with Gasteiger partial charge in [0.2, 0.25) is 0 Å². The molecule has 2 aromatic rings. The standard InChI is InChI=1S/C18H12F2I3NO10S/c19-18(20,35(29,30)31)8-34-17(26)14-10(2-1-3-13(14)24(27)28)16(25)33-5-4-32-15-11(22)6-9(21)7-12(15)23/h1-3,6-7H,4-5,8H2,(H,29,30,31). The lowest BCUT2D eigenvalue weighted by Gasteiger charge is -2.14. The Morgan fingerprint density at radius 2 is 1.66 bits per heavy atom. The fourth-order valence-electron chi connectivity index (χ4n) is 2.40. The lowest BCUT2D eigenvalue weighted by atomic mass is 10.1. The molecule has 0 atom stereocenters. The van der Waals surface area contributed by atoms with Crippen LogP contribution >= 0.6 is 67.8 Å². The van der Waals surface area contributed by atoms with Gasteiger partial charge in [-0.05, 0) is 86.0 Å². The van der Waals surface area contributed by atoms with E-state index in [0.717, 1.165) is 28.9 Å². The van der Waals surface area contributed by atoms with Gasteiger partial charge in [-0.15, -0.1) is 0 Å². The molecule has 2 aromatic carbocycles. The van der Waals surface area contributed by atoms with Crippen LogP contribution in [0.3, 0.4) is 0 Å². The highest BCUT2D eigenvalue weighted by atomic mass is 127. The van der Waals surface area contributed by atoms with Crippen LogP contribution in [-0.4, -0.2) is 54.9 Å². The van der Waals surface area contributed by atoms with Gasteiger partial charge >= 0.3 is 27.3 Å². The first-order valence-electron chi connectivity index (χ1n) is 8.89. The van der Waals surface area contributed by atoms with E-state index in [2.05, 4.69) is 72.5 Å². The third-order valence-electron chi connectivity index (χ3n) is 3.94. The lowest BCUT2D eigenvalue weighted by molar-refractivity contribution is -0.385. The molecule has 0 spiro atoms.